The first kappa shape index (κ1) is 14.1. The Bertz CT molecular complexity index is 622. The quantitative estimate of drug-likeness (QED) is 0.493. The van der Waals surface area contributed by atoms with Crippen LogP contribution in [0.2, 0.25) is 0 Å². The van der Waals surface area contributed by atoms with Crippen LogP contribution in [-0.4, -0.2) is 27.3 Å². The first-order valence-corrected chi connectivity index (χ1v) is 7.47. The number of aromatic nitrogens is 2. The zero-order valence-corrected chi connectivity index (χ0v) is 12.8. The number of carboxylic acids is 1. The van der Waals surface area contributed by atoms with E-state index in [1.807, 2.05) is 28.8 Å². The van der Waals surface area contributed by atoms with E-state index in [9.17, 15) is 4.79 Å². The van der Waals surface area contributed by atoms with Crippen molar-refractivity contribution in [2.45, 2.75) is 5.03 Å². The van der Waals surface area contributed by atoms with E-state index >= 15 is 0 Å². The third-order valence-corrected chi connectivity index (χ3v) is 3.53. The van der Waals surface area contributed by atoms with Gasteiger partial charge >= 0.3 is 5.97 Å². The molecule has 0 aliphatic rings. The lowest BCUT2D eigenvalue weighted by atomic mass is 10.2. The van der Waals surface area contributed by atoms with Crippen LogP contribution in [0.4, 0.5) is 0 Å². The summed E-state index contributed by atoms with van der Waals surface area (Å²) in [6.07, 6.45) is 3.27. The van der Waals surface area contributed by atoms with E-state index in [-0.39, 0.29) is 11.3 Å². The standard InChI is InChI=1S/C12H9IN2O3S/c1-19-11-5-10(14-6-15-11)18-9-3-2-7(13)4-8(9)12(16)17/h2-6H,1H3,(H,16,17). The van der Waals surface area contributed by atoms with Crippen molar-refractivity contribution < 1.29 is 14.6 Å². The summed E-state index contributed by atoms with van der Waals surface area (Å²) < 4.78 is 6.35. The Morgan fingerprint density at radius 2 is 2.16 bits per heavy atom. The summed E-state index contributed by atoms with van der Waals surface area (Å²) in [5.74, 6) is -0.450. The summed E-state index contributed by atoms with van der Waals surface area (Å²) in [5.41, 5.74) is 0.108. The molecule has 0 aliphatic carbocycles. The molecular weight excluding hydrogens is 379 g/mol. The lowest BCUT2D eigenvalue weighted by molar-refractivity contribution is 0.0694. The van der Waals surface area contributed by atoms with Gasteiger partial charge in [-0.05, 0) is 47.0 Å². The minimum absolute atomic E-state index is 0.108. The van der Waals surface area contributed by atoms with Gasteiger partial charge in [0.1, 0.15) is 22.7 Å². The van der Waals surface area contributed by atoms with Crippen LogP contribution >= 0.6 is 34.4 Å². The van der Waals surface area contributed by atoms with Crippen molar-refractivity contribution in [3.05, 3.63) is 39.7 Å². The Morgan fingerprint density at radius 1 is 1.37 bits per heavy atom. The lowest BCUT2D eigenvalue weighted by Gasteiger charge is -2.08. The van der Waals surface area contributed by atoms with Crippen LogP contribution in [-0.2, 0) is 0 Å². The zero-order chi connectivity index (χ0) is 13.8. The molecule has 0 bridgehead atoms. The fraction of sp³-hybridized carbons (Fsp3) is 0.0833. The zero-order valence-electron chi connectivity index (χ0n) is 9.83. The highest BCUT2D eigenvalue weighted by Crippen LogP contribution is 2.27. The first-order chi connectivity index (χ1) is 9.10. The Morgan fingerprint density at radius 3 is 2.84 bits per heavy atom. The second kappa shape index (κ2) is 6.20. The average Bonchev–Trinajstić information content (AvgIpc) is 2.41. The molecule has 1 aromatic carbocycles. The highest BCUT2D eigenvalue weighted by molar-refractivity contribution is 14.1. The number of nitrogens with zero attached hydrogens (tertiary/aromatic N) is 2. The van der Waals surface area contributed by atoms with Crippen LogP contribution in [0, 0.1) is 3.57 Å². The van der Waals surface area contributed by atoms with Gasteiger partial charge in [0.15, 0.2) is 0 Å². The van der Waals surface area contributed by atoms with Gasteiger partial charge in [0.05, 0.1) is 0 Å². The van der Waals surface area contributed by atoms with E-state index in [0.717, 1.165) is 8.60 Å². The fourth-order valence-corrected chi connectivity index (χ4v) is 2.22. The van der Waals surface area contributed by atoms with Crippen LogP contribution in [0.15, 0.2) is 35.6 Å². The molecule has 1 heterocycles. The lowest BCUT2D eigenvalue weighted by Crippen LogP contribution is -2.01. The van der Waals surface area contributed by atoms with Crippen LogP contribution in [0.25, 0.3) is 0 Å². The molecule has 0 aliphatic heterocycles. The van der Waals surface area contributed by atoms with E-state index in [1.54, 1.807) is 24.3 Å². The van der Waals surface area contributed by atoms with Crippen LogP contribution in [0.3, 0.4) is 0 Å². The van der Waals surface area contributed by atoms with Crippen LogP contribution in [0.5, 0.6) is 11.6 Å². The highest BCUT2D eigenvalue weighted by Gasteiger charge is 2.13. The minimum Gasteiger partial charge on any atom is -0.478 e. The van der Waals surface area contributed by atoms with E-state index in [1.165, 1.54) is 18.1 Å². The summed E-state index contributed by atoms with van der Waals surface area (Å²) in [6.45, 7) is 0. The van der Waals surface area contributed by atoms with Gasteiger partial charge in [-0.15, -0.1) is 11.8 Å². The van der Waals surface area contributed by atoms with Crippen LogP contribution in [0.1, 0.15) is 10.4 Å². The summed E-state index contributed by atoms with van der Waals surface area (Å²) in [5, 5.41) is 9.91. The van der Waals surface area contributed by atoms with Crippen molar-refractivity contribution in [1.82, 2.24) is 9.97 Å². The molecule has 1 N–H and O–H groups in total. The van der Waals surface area contributed by atoms with Crippen molar-refractivity contribution in [2.75, 3.05) is 6.26 Å². The molecule has 0 atom stereocenters. The second-order valence-electron chi connectivity index (χ2n) is 3.45. The Hall–Kier alpha value is -1.35. The molecule has 98 valence electrons. The number of carboxylic acid groups (broad SMARTS) is 1. The van der Waals surface area contributed by atoms with Crippen LogP contribution < -0.4 is 4.74 Å². The van der Waals surface area contributed by atoms with E-state index in [0.29, 0.717) is 5.88 Å². The third kappa shape index (κ3) is 3.57. The number of benzene rings is 1. The van der Waals surface area contributed by atoms with Crippen molar-refractivity contribution in [3.63, 3.8) is 0 Å². The molecule has 2 aromatic rings. The number of hydrogen-bond acceptors (Lipinski definition) is 5. The maximum atomic E-state index is 11.2. The molecule has 0 fully saturated rings. The van der Waals surface area contributed by atoms with Gasteiger partial charge in [0.25, 0.3) is 0 Å². The smallest absolute Gasteiger partial charge is 0.339 e. The first-order valence-electron chi connectivity index (χ1n) is 5.17. The Kier molecular flexibility index (Phi) is 4.59. The molecule has 0 radical (unpaired) electrons. The molecule has 0 amide bonds. The normalized spacial score (nSPS) is 10.2. The Labute approximate surface area is 127 Å². The number of hydrogen-bond donors (Lipinski definition) is 1. The summed E-state index contributed by atoms with van der Waals surface area (Å²) in [6, 6.07) is 6.61. The van der Waals surface area contributed by atoms with Gasteiger partial charge in [-0.1, -0.05) is 0 Å². The fourth-order valence-electron chi connectivity index (χ4n) is 1.36. The number of thioether (sulfide) groups is 1. The number of carbonyl (C=O) groups is 1. The van der Waals surface area contributed by atoms with Gasteiger partial charge < -0.3 is 9.84 Å². The predicted octanol–water partition coefficient (Wildman–Crippen LogP) is 3.29. The van der Waals surface area contributed by atoms with Gasteiger partial charge in [0, 0.05) is 9.64 Å². The SMILES string of the molecule is CSc1cc(Oc2ccc(I)cc2C(=O)O)ncn1. The predicted molar refractivity (Wildman–Crippen MR) is 80.0 cm³/mol. The second-order valence-corrected chi connectivity index (χ2v) is 5.52. The summed E-state index contributed by atoms with van der Waals surface area (Å²) in [7, 11) is 0. The topological polar surface area (TPSA) is 72.3 Å². The molecule has 0 saturated carbocycles. The number of halogens is 1. The minimum atomic E-state index is -1.03. The molecule has 2 rings (SSSR count). The maximum absolute atomic E-state index is 11.2. The van der Waals surface area contributed by atoms with Crippen molar-refractivity contribution in [1.29, 1.82) is 0 Å². The molecule has 1 aromatic heterocycles. The molecule has 5 nitrogen and oxygen atoms in total. The van der Waals surface area contributed by atoms with Crippen molar-refractivity contribution in [3.8, 4) is 11.6 Å². The largest absolute Gasteiger partial charge is 0.478 e. The molecule has 19 heavy (non-hydrogen) atoms. The number of rotatable bonds is 4. The van der Waals surface area contributed by atoms with Crippen molar-refractivity contribution >= 4 is 40.3 Å². The third-order valence-electron chi connectivity index (χ3n) is 2.21. The van der Waals surface area contributed by atoms with Gasteiger partial charge in [-0.25, -0.2) is 14.8 Å². The Balaban J connectivity index is 2.34. The molecule has 7 heteroatoms. The van der Waals surface area contributed by atoms with Gasteiger partial charge in [-0.3, -0.25) is 0 Å². The molecular formula is C12H9IN2O3S. The number of ether oxygens (including phenoxy) is 1. The highest BCUT2D eigenvalue weighted by atomic mass is 127. The molecule has 0 unspecified atom stereocenters. The average molecular weight is 388 g/mol. The van der Waals surface area contributed by atoms with Gasteiger partial charge in [-0.2, -0.15) is 0 Å². The number of aromatic carboxylic acids is 1. The maximum Gasteiger partial charge on any atom is 0.339 e. The van der Waals surface area contributed by atoms with E-state index in [4.69, 9.17) is 9.84 Å². The van der Waals surface area contributed by atoms with E-state index < -0.39 is 5.97 Å². The monoisotopic (exact) mass is 388 g/mol. The van der Waals surface area contributed by atoms with Gasteiger partial charge in [0.2, 0.25) is 5.88 Å². The summed E-state index contributed by atoms with van der Waals surface area (Å²) in [4.78, 5) is 19.2. The molecule has 0 spiro atoms. The molecule has 0 saturated heterocycles. The van der Waals surface area contributed by atoms with Crippen molar-refractivity contribution in [2.24, 2.45) is 0 Å². The van der Waals surface area contributed by atoms with E-state index in [2.05, 4.69) is 9.97 Å². The summed E-state index contributed by atoms with van der Waals surface area (Å²) >= 11 is 3.51.